The van der Waals surface area contributed by atoms with Crippen molar-refractivity contribution in [1.29, 1.82) is 0 Å². The minimum absolute atomic E-state index is 0.199. The number of anilines is 1. The molecule has 5 nitrogen and oxygen atoms in total. The van der Waals surface area contributed by atoms with Crippen molar-refractivity contribution in [3.05, 3.63) is 41.3 Å². The van der Waals surface area contributed by atoms with E-state index in [1.165, 1.54) is 5.56 Å². The predicted molar refractivity (Wildman–Crippen MR) is 62.2 cm³/mol. The molecule has 0 aliphatic carbocycles. The van der Waals surface area contributed by atoms with Gasteiger partial charge in [-0.05, 0) is 24.1 Å². The Kier molecular flexibility index (Phi) is 2.98. The van der Waals surface area contributed by atoms with Crippen LogP contribution >= 0.6 is 0 Å². The summed E-state index contributed by atoms with van der Waals surface area (Å²) in [6.45, 7) is 2.04. The fourth-order valence-corrected chi connectivity index (χ4v) is 1.30. The summed E-state index contributed by atoms with van der Waals surface area (Å²) in [5, 5.41) is 7.45. The van der Waals surface area contributed by atoms with Crippen molar-refractivity contribution < 1.29 is 4.42 Å². The highest BCUT2D eigenvalue weighted by Crippen LogP contribution is 2.12. The van der Waals surface area contributed by atoms with Crippen molar-refractivity contribution in [2.45, 2.75) is 6.92 Å². The molecule has 0 saturated carbocycles. The van der Waals surface area contributed by atoms with E-state index in [1.807, 2.05) is 37.3 Å². The predicted octanol–water partition coefficient (Wildman–Crippen LogP) is 1.83. The molecule has 0 amide bonds. The van der Waals surface area contributed by atoms with Gasteiger partial charge in [0.2, 0.25) is 5.89 Å². The molecular weight excluding hydrogens is 204 g/mol. The zero-order valence-electron chi connectivity index (χ0n) is 8.84. The number of hydrogen-bond donors (Lipinski definition) is 2. The highest BCUT2D eigenvalue weighted by molar-refractivity contribution is 5.67. The Morgan fingerprint density at radius 2 is 2.06 bits per heavy atom. The molecule has 0 spiro atoms. The molecule has 0 radical (unpaired) electrons. The van der Waals surface area contributed by atoms with Crippen molar-refractivity contribution in [2.24, 2.45) is 5.84 Å². The van der Waals surface area contributed by atoms with E-state index in [4.69, 9.17) is 10.3 Å². The molecule has 0 fully saturated rings. The van der Waals surface area contributed by atoms with Crippen molar-refractivity contribution in [3.63, 3.8) is 0 Å². The van der Waals surface area contributed by atoms with Crippen molar-refractivity contribution in [1.82, 2.24) is 10.2 Å². The first-order chi connectivity index (χ1) is 7.79. The lowest BCUT2D eigenvalue weighted by Crippen LogP contribution is -2.06. The van der Waals surface area contributed by atoms with Gasteiger partial charge in [0.05, 0.1) is 0 Å². The van der Waals surface area contributed by atoms with Gasteiger partial charge in [-0.1, -0.05) is 29.4 Å². The van der Waals surface area contributed by atoms with Crippen LogP contribution in [0.15, 0.2) is 28.7 Å². The zero-order valence-corrected chi connectivity index (χ0v) is 8.84. The summed E-state index contributed by atoms with van der Waals surface area (Å²) in [4.78, 5) is 0. The number of nitrogens with one attached hydrogen (secondary N) is 1. The first-order valence-corrected chi connectivity index (χ1v) is 4.83. The Balaban J connectivity index is 2.18. The van der Waals surface area contributed by atoms with E-state index in [-0.39, 0.29) is 6.01 Å². The van der Waals surface area contributed by atoms with Crippen LogP contribution in [0.1, 0.15) is 17.0 Å². The van der Waals surface area contributed by atoms with Gasteiger partial charge < -0.3 is 4.42 Å². The minimum Gasteiger partial charge on any atom is -0.403 e. The van der Waals surface area contributed by atoms with Gasteiger partial charge in [-0.2, -0.15) is 0 Å². The van der Waals surface area contributed by atoms with Gasteiger partial charge in [0, 0.05) is 6.08 Å². The molecular formula is C11H12N4O. The largest absolute Gasteiger partial charge is 0.403 e. The first kappa shape index (κ1) is 10.4. The normalized spacial score (nSPS) is 10.9. The van der Waals surface area contributed by atoms with Crippen LogP contribution in [0.5, 0.6) is 0 Å². The fourth-order valence-electron chi connectivity index (χ4n) is 1.30. The maximum Gasteiger partial charge on any atom is 0.330 e. The smallest absolute Gasteiger partial charge is 0.330 e. The number of nitrogens with zero attached hydrogens (tertiary/aromatic N) is 2. The Bertz CT molecular complexity index is 504. The zero-order chi connectivity index (χ0) is 11.4. The molecule has 1 aromatic heterocycles. The molecule has 3 N–H and O–H groups in total. The number of nitrogen functional groups attached to an aromatic ring is 1. The van der Waals surface area contributed by atoms with E-state index in [0.717, 1.165) is 5.56 Å². The van der Waals surface area contributed by atoms with E-state index in [2.05, 4.69) is 15.6 Å². The second kappa shape index (κ2) is 4.59. The topological polar surface area (TPSA) is 77.0 Å². The molecule has 0 aliphatic heterocycles. The Labute approximate surface area is 93.0 Å². The average Bonchev–Trinajstić information content (AvgIpc) is 2.76. The van der Waals surface area contributed by atoms with Gasteiger partial charge in [0.15, 0.2) is 0 Å². The van der Waals surface area contributed by atoms with Crippen LogP contribution in [0, 0.1) is 6.92 Å². The summed E-state index contributed by atoms with van der Waals surface area (Å²) in [6, 6.07) is 8.23. The van der Waals surface area contributed by atoms with Gasteiger partial charge in [-0.3, -0.25) is 5.43 Å². The van der Waals surface area contributed by atoms with Crippen molar-refractivity contribution in [3.8, 4) is 0 Å². The second-order valence-corrected chi connectivity index (χ2v) is 3.28. The van der Waals surface area contributed by atoms with E-state index in [9.17, 15) is 0 Å². The van der Waals surface area contributed by atoms with Crippen LogP contribution in [0.3, 0.4) is 0 Å². The fraction of sp³-hybridized carbons (Fsp3) is 0.0909. The van der Waals surface area contributed by atoms with Gasteiger partial charge in [-0.15, -0.1) is 5.10 Å². The van der Waals surface area contributed by atoms with E-state index >= 15 is 0 Å². The molecule has 5 heteroatoms. The van der Waals surface area contributed by atoms with Crippen LogP contribution in [0.4, 0.5) is 6.01 Å². The van der Waals surface area contributed by atoms with Gasteiger partial charge in [-0.25, -0.2) is 5.84 Å². The molecule has 2 rings (SSSR count). The third-order valence-electron chi connectivity index (χ3n) is 2.16. The van der Waals surface area contributed by atoms with Gasteiger partial charge >= 0.3 is 6.01 Å². The first-order valence-electron chi connectivity index (χ1n) is 4.83. The maximum absolute atomic E-state index is 5.15. The maximum atomic E-state index is 5.15. The van der Waals surface area contributed by atoms with E-state index < -0.39 is 0 Å². The monoisotopic (exact) mass is 216 g/mol. The second-order valence-electron chi connectivity index (χ2n) is 3.28. The Morgan fingerprint density at radius 3 is 2.75 bits per heavy atom. The number of nitrogens with two attached hydrogens (primary N) is 1. The number of hydrazine groups is 1. The summed E-state index contributed by atoms with van der Waals surface area (Å²) in [6.07, 6.45) is 3.67. The molecule has 0 bridgehead atoms. The van der Waals surface area contributed by atoms with Crippen LogP contribution in [0.2, 0.25) is 0 Å². The lowest BCUT2D eigenvalue weighted by molar-refractivity contribution is 0.556. The van der Waals surface area contributed by atoms with Gasteiger partial charge in [0.1, 0.15) is 0 Å². The summed E-state index contributed by atoms with van der Waals surface area (Å²) in [7, 11) is 0. The Morgan fingerprint density at radius 1 is 1.25 bits per heavy atom. The summed E-state index contributed by atoms with van der Waals surface area (Å²) in [5.41, 5.74) is 4.59. The SMILES string of the molecule is Cc1ccccc1/C=C/c1nnc(NN)o1. The highest BCUT2D eigenvalue weighted by Gasteiger charge is 1.99. The molecule has 16 heavy (non-hydrogen) atoms. The molecule has 0 aliphatic rings. The van der Waals surface area contributed by atoms with Crippen LogP contribution in [0.25, 0.3) is 12.2 Å². The van der Waals surface area contributed by atoms with Crippen molar-refractivity contribution in [2.75, 3.05) is 5.43 Å². The third-order valence-corrected chi connectivity index (χ3v) is 2.16. The van der Waals surface area contributed by atoms with E-state index in [1.54, 1.807) is 6.08 Å². The lowest BCUT2D eigenvalue weighted by Gasteiger charge is -1.96. The lowest BCUT2D eigenvalue weighted by atomic mass is 10.1. The number of aromatic nitrogens is 2. The minimum atomic E-state index is 0.199. The number of rotatable bonds is 3. The summed E-state index contributed by atoms with van der Waals surface area (Å²) < 4.78 is 5.15. The molecule has 0 saturated heterocycles. The Hall–Kier alpha value is -2.14. The number of benzene rings is 1. The summed E-state index contributed by atoms with van der Waals surface area (Å²) in [5.74, 6) is 5.54. The molecule has 1 heterocycles. The number of hydrogen-bond acceptors (Lipinski definition) is 5. The molecule has 0 atom stereocenters. The highest BCUT2D eigenvalue weighted by atomic mass is 16.4. The molecule has 0 unspecified atom stereocenters. The van der Waals surface area contributed by atoms with Gasteiger partial charge in [0.25, 0.3) is 0 Å². The van der Waals surface area contributed by atoms with Crippen LogP contribution < -0.4 is 11.3 Å². The standard InChI is InChI=1S/C11H12N4O/c1-8-4-2-3-5-9(8)6-7-10-14-15-11(13-12)16-10/h2-7H,12H2,1H3,(H,13,15)/b7-6+. The van der Waals surface area contributed by atoms with Crippen LogP contribution in [-0.2, 0) is 0 Å². The quantitative estimate of drug-likeness (QED) is 0.604. The number of aryl methyl sites for hydroxylation is 1. The molecule has 2 aromatic rings. The van der Waals surface area contributed by atoms with E-state index in [0.29, 0.717) is 5.89 Å². The molecule has 82 valence electrons. The van der Waals surface area contributed by atoms with Crippen LogP contribution in [-0.4, -0.2) is 10.2 Å². The summed E-state index contributed by atoms with van der Waals surface area (Å²) >= 11 is 0. The van der Waals surface area contributed by atoms with Crippen molar-refractivity contribution >= 4 is 18.2 Å². The average molecular weight is 216 g/mol. The molecule has 1 aromatic carbocycles. The third kappa shape index (κ3) is 2.26.